The number of ether oxygens (including phenoxy) is 1. The summed E-state index contributed by atoms with van der Waals surface area (Å²) in [5.41, 5.74) is 8.98. The number of rotatable bonds is 3. The highest BCUT2D eigenvalue weighted by Gasteiger charge is 2.28. The molecule has 21 heavy (non-hydrogen) atoms. The van der Waals surface area contributed by atoms with Crippen LogP contribution in [0.2, 0.25) is 0 Å². The Morgan fingerprint density at radius 2 is 2.33 bits per heavy atom. The number of methoxy groups -OCH3 is 1. The number of carbonyl (C=O) groups is 1. The normalized spacial score (nSPS) is 18.4. The molecule has 1 unspecified atom stereocenters. The Kier molecular flexibility index (Phi) is 3.49. The predicted octanol–water partition coefficient (Wildman–Crippen LogP) is 2.57. The number of aryl methyl sites for hydroxylation is 1. The monoisotopic (exact) mass is 287 g/mol. The van der Waals surface area contributed by atoms with Gasteiger partial charge < -0.3 is 20.4 Å². The number of fused-ring (bicyclic) bond motifs is 1. The van der Waals surface area contributed by atoms with Gasteiger partial charge in [0, 0.05) is 29.2 Å². The number of H-pyrrole nitrogens is 1. The standard InChI is InChI=1S/C16H21N3O2/c1-10-13(8-11-4-3-7-19(11)16(17)20)14-9-12(21-2)5-6-15(14)18-10/h5-6,9,11,18H,3-4,7-8H2,1-2H3,(H2,17,20). The van der Waals surface area contributed by atoms with Crippen LogP contribution in [0.25, 0.3) is 10.9 Å². The van der Waals surface area contributed by atoms with Crippen molar-refractivity contribution in [1.82, 2.24) is 9.88 Å². The van der Waals surface area contributed by atoms with Crippen molar-refractivity contribution in [3.63, 3.8) is 0 Å². The van der Waals surface area contributed by atoms with Crippen molar-refractivity contribution in [3.8, 4) is 5.75 Å². The molecule has 0 spiro atoms. The molecule has 0 aliphatic carbocycles. The number of nitrogens with zero attached hydrogens (tertiary/aromatic N) is 1. The number of hydrogen-bond acceptors (Lipinski definition) is 2. The van der Waals surface area contributed by atoms with Crippen LogP contribution in [0.15, 0.2) is 18.2 Å². The van der Waals surface area contributed by atoms with E-state index >= 15 is 0 Å². The number of urea groups is 1. The van der Waals surface area contributed by atoms with Crippen LogP contribution >= 0.6 is 0 Å². The lowest BCUT2D eigenvalue weighted by molar-refractivity contribution is 0.202. The van der Waals surface area contributed by atoms with Crippen LogP contribution in [-0.4, -0.2) is 35.6 Å². The van der Waals surface area contributed by atoms with E-state index in [1.807, 2.05) is 12.1 Å². The van der Waals surface area contributed by atoms with Crippen molar-refractivity contribution in [3.05, 3.63) is 29.5 Å². The molecule has 3 N–H and O–H groups in total. The third kappa shape index (κ3) is 2.44. The molecule has 1 aliphatic rings. The van der Waals surface area contributed by atoms with Crippen molar-refractivity contribution >= 4 is 16.9 Å². The van der Waals surface area contributed by atoms with Gasteiger partial charge in [-0.3, -0.25) is 0 Å². The molecule has 2 aromatic rings. The molecule has 3 rings (SSSR count). The topological polar surface area (TPSA) is 71.3 Å². The minimum Gasteiger partial charge on any atom is -0.497 e. The van der Waals surface area contributed by atoms with Crippen molar-refractivity contribution in [2.75, 3.05) is 13.7 Å². The minimum atomic E-state index is -0.312. The lowest BCUT2D eigenvalue weighted by Crippen LogP contribution is -2.40. The molecule has 1 saturated heterocycles. The van der Waals surface area contributed by atoms with Gasteiger partial charge in [0.25, 0.3) is 0 Å². The maximum Gasteiger partial charge on any atom is 0.315 e. The van der Waals surface area contributed by atoms with Gasteiger partial charge in [-0.25, -0.2) is 4.79 Å². The van der Waals surface area contributed by atoms with E-state index in [0.717, 1.165) is 42.8 Å². The number of nitrogens with two attached hydrogens (primary N) is 1. The summed E-state index contributed by atoms with van der Waals surface area (Å²) in [6.45, 7) is 2.84. The number of aromatic nitrogens is 1. The highest BCUT2D eigenvalue weighted by Crippen LogP contribution is 2.30. The van der Waals surface area contributed by atoms with Crippen LogP contribution in [0.5, 0.6) is 5.75 Å². The summed E-state index contributed by atoms with van der Waals surface area (Å²) in [5.74, 6) is 0.848. The van der Waals surface area contributed by atoms with Gasteiger partial charge in [-0.15, -0.1) is 0 Å². The Morgan fingerprint density at radius 3 is 3.05 bits per heavy atom. The first-order valence-electron chi connectivity index (χ1n) is 7.31. The van der Waals surface area contributed by atoms with Gasteiger partial charge in [-0.05, 0) is 49.9 Å². The minimum absolute atomic E-state index is 0.200. The summed E-state index contributed by atoms with van der Waals surface area (Å²) in [6.07, 6.45) is 2.87. The van der Waals surface area contributed by atoms with Gasteiger partial charge >= 0.3 is 6.03 Å². The first-order chi connectivity index (χ1) is 10.1. The quantitative estimate of drug-likeness (QED) is 0.910. The molecule has 2 amide bonds. The fraction of sp³-hybridized carbons (Fsp3) is 0.438. The maximum absolute atomic E-state index is 11.5. The largest absolute Gasteiger partial charge is 0.497 e. The van der Waals surface area contributed by atoms with E-state index < -0.39 is 0 Å². The number of likely N-dealkylation sites (tertiary alicyclic amines) is 1. The van der Waals surface area contributed by atoms with E-state index in [-0.39, 0.29) is 12.1 Å². The van der Waals surface area contributed by atoms with Gasteiger partial charge in [-0.1, -0.05) is 0 Å². The molecule has 2 heterocycles. The summed E-state index contributed by atoms with van der Waals surface area (Å²) in [6, 6.07) is 5.93. The first-order valence-corrected chi connectivity index (χ1v) is 7.31. The van der Waals surface area contributed by atoms with Gasteiger partial charge in [-0.2, -0.15) is 0 Å². The molecule has 0 saturated carbocycles. The lowest BCUT2D eigenvalue weighted by atomic mass is 10.0. The average molecular weight is 287 g/mol. The van der Waals surface area contributed by atoms with E-state index in [2.05, 4.69) is 18.0 Å². The summed E-state index contributed by atoms with van der Waals surface area (Å²) in [4.78, 5) is 16.7. The van der Waals surface area contributed by atoms with Gasteiger partial charge in [0.2, 0.25) is 0 Å². The Hall–Kier alpha value is -2.17. The summed E-state index contributed by atoms with van der Waals surface area (Å²) in [7, 11) is 1.67. The van der Waals surface area contributed by atoms with Crippen LogP contribution in [-0.2, 0) is 6.42 Å². The van der Waals surface area contributed by atoms with Crippen molar-refractivity contribution in [2.45, 2.75) is 32.2 Å². The zero-order valence-electron chi connectivity index (χ0n) is 12.5. The molecule has 1 aromatic carbocycles. The Labute approximate surface area is 124 Å². The number of primary amides is 1. The number of carbonyl (C=O) groups excluding carboxylic acids is 1. The molecule has 1 fully saturated rings. The Balaban J connectivity index is 1.96. The summed E-state index contributed by atoms with van der Waals surface area (Å²) >= 11 is 0. The number of amides is 2. The highest BCUT2D eigenvalue weighted by atomic mass is 16.5. The number of benzene rings is 1. The smallest absolute Gasteiger partial charge is 0.315 e. The zero-order chi connectivity index (χ0) is 15.0. The molecule has 5 heteroatoms. The second-order valence-electron chi connectivity index (χ2n) is 5.67. The Morgan fingerprint density at radius 1 is 1.52 bits per heavy atom. The molecule has 1 aliphatic heterocycles. The second-order valence-corrected chi connectivity index (χ2v) is 5.67. The van der Waals surface area contributed by atoms with E-state index in [1.165, 1.54) is 10.9 Å². The first kappa shape index (κ1) is 13.8. The molecule has 1 atom stereocenters. The van der Waals surface area contributed by atoms with Crippen LogP contribution in [0.3, 0.4) is 0 Å². The lowest BCUT2D eigenvalue weighted by Gasteiger charge is -2.22. The third-order valence-corrected chi connectivity index (χ3v) is 4.43. The highest BCUT2D eigenvalue weighted by molar-refractivity contribution is 5.86. The molecular weight excluding hydrogens is 266 g/mol. The second kappa shape index (κ2) is 5.31. The molecule has 5 nitrogen and oxygen atoms in total. The molecule has 0 bridgehead atoms. The van der Waals surface area contributed by atoms with E-state index in [9.17, 15) is 4.79 Å². The SMILES string of the molecule is COc1ccc2[nH]c(C)c(CC3CCCN3C(N)=O)c2c1. The van der Waals surface area contributed by atoms with Gasteiger partial charge in [0.05, 0.1) is 7.11 Å². The third-order valence-electron chi connectivity index (χ3n) is 4.43. The van der Waals surface area contributed by atoms with Crippen LogP contribution < -0.4 is 10.5 Å². The molecule has 112 valence electrons. The maximum atomic E-state index is 11.5. The molecule has 0 radical (unpaired) electrons. The van der Waals surface area contributed by atoms with Gasteiger partial charge in [0.1, 0.15) is 5.75 Å². The van der Waals surface area contributed by atoms with E-state index in [0.29, 0.717) is 0 Å². The predicted molar refractivity (Wildman–Crippen MR) is 82.6 cm³/mol. The van der Waals surface area contributed by atoms with Crippen LogP contribution in [0, 0.1) is 6.92 Å². The molecule has 1 aromatic heterocycles. The van der Waals surface area contributed by atoms with Crippen molar-refractivity contribution < 1.29 is 9.53 Å². The average Bonchev–Trinajstić information content (AvgIpc) is 3.04. The van der Waals surface area contributed by atoms with Crippen molar-refractivity contribution in [2.24, 2.45) is 5.73 Å². The fourth-order valence-electron chi connectivity index (χ4n) is 3.33. The molecular formula is C16H21N3O2. The van der Waals surface area contributed by atoms with Crippen LogP contribution in [0.1, 0.15) is 24.1 Å². The summed E-state index contributed by atoms with van der Waals surface area (Å²) < 4.78 is 5.32. The number of nitrogens with one attached hydrogen (secondary N) is 1. The van der Waals surface area contributed by atoms with Crippen molar-refractivity contribution in [1.29, 1.82) is 0 Å². The Bertz CT molecular complexity index is 677. The number of aromatic amines is 1. The van der Waals surface area contributed by atoms with Crippen LogP contribution in [0.4, 0.5) is 4.79 Å². The zero-order valence-corrected chi connectivity index (χ0v) is 12.5. The summed E-state index contributed by atoms with van der Waals surface area (Å²) in [5, 5.41) is 1.17. The van der Waals surface area contributed by atoms with E-state index in [1.54, 1.807) is 12.0 Å². The number of hydrogen-bond donors (Lipinski definition) is 2. The van der Waals surface area contributed by atoms with E-state index in [4.69, 9.17) is 10.5 Å². The van der Waals surface area contributed by atoms with Gasteiger partial charge in [0.15, 0.2) is 0 Å². The fourth-order valence-corrected chi connectivity index (χ4v) is 3.33.